The largest absolute Gasteiger partial charge is 0.389 e. The molecule has 0 fully saturated rings. The van der Waals surface area contributed by atoms with E-state index in [9.17, 15) is 9.50 Å². The van der Waals surface area contributed by atoms with Crippen LogP contribution in [-0.2, 0) is 0 Å². The van der Waals surface area contributed by atoms with Crippen LogP contribution in [0, 0.1) is 5.82 Å². The number of aliphatic hydroxyl groups is 1. The molecule has 1 N–H and O–H groups in total. The Morgan fingerprint density at radius 2 is 2.20 bits per heavy atom. The van der Waals surface area contributed by atoms with Crippen LogP contribution in [-0.4, -0.2) is 14.9 Å². The first-order valence-corrected chi connectivity index (χ1v) is 4.66. The summed E-state index contributed by atoms with van der Waals surface area (Å²) in [5.41, 5.74) is 0.830. The highest BCUT2D eigenvalue weighted by molar-refractivity contribution is 5.42. The first-order valence-electron chi connectivity index (χ1n) is 4.66. The number of hydrogen-bond donors (Lipinski definition) is 1. The zero-order valence-electron chi connectivity index (χ0n) is 8.26. The highest BCUT2D eigenvalue weighted by atomic mass is 19.1. The van der Waals surface area contributed by atoms with Crippen molar-refractivity contribution in [2.75, 3.05) is 0 Å². The van der Waals surface area contributed by atoms with E-state index in [2.05, 4.69) is 5.10 Å². The minimum Gasteiger partial charge on any atom is -0.389 e. The van der Waals surface area contributed by atoms with E-state index in [1.807, 2.05) is 0 Å². The minimum atomic E-state index is -0.722. The molecule has 1 aromatic heterocycles. The van der Waals surface area contributed by atoms with Crippen molar-refractivity contribution < 1.29 is 9.50 Å². The summed E-state index contributed by atoms with van der Waals surface area (Å²) in [4.78, 5) is 0. The van der Waals surface area contributed by atoms with E-state index in [0.29, 0.717) is 11.3 Å². The van der Waals surface area contributed by atoms with Crippen LogP contribution in [0.25, 0.3) is 5.69 Å². The van der Waals surface area contributed by atoms with Crippen LogP contribution in [0.3, 0.4) is 0 Å². The number of benzene rings is 1. The predicted octanol–water partition coefficient (Wildman–Crippen LogP) is 2.06. The molecular formula is C11H11FN2O. The summed E-state index contributed by atoms with van der Waals surface area (Å²) >= 11 is 0. The van der Waals surface area contributed by atoms with E-state index in [4.69, 9.17) is 0 Å². The minimum absolute atomic E-state index is 0.303. The van der Waals surface area contributed by atoms with Gasteiger partial charge in [-0.1, -0.05) is 12.1 Å². The Morgan fingerprint density at radius 3 is 2.80 bits per heavy atom. The third-order valence-electron chi connectivity index (χ3n) is 2.20. The number of para-hydroxylation sites is 1. The smallest absolute Gasteiger partial charge is 0.149 e. The van der Waals surface area contributed by atoms with Crippen molar-refractivity contribution in [1.29, 1.82) is 0 Å². The maximum absolute atomic E-state index is 13.6. The molecular weight excluding hydrogens is 195 g/mol. The van der Waals surface area contributed by atoms with Gasteiger partial charge in [-0.2, -0.15) is 5.10 Å². The summed E-state index contributed by atoms with van der Waals surface area (Å²) in [5, 5.41) is 13.5. The highest BCUT2D eigenvalue weighted by Crippen LogP contribution is 2.23. The van der Waals surface area contributed by atoms with E-state index in [0.717, 1.165) is 0 Å². The molecule has 0 aliphatic heterocycles. The van der Waals surface area contributed by atoms with Gasteiger partial charge in [-0.25, -0.2) is 9.07 Å². The quantitative estimate of drug-likeness (QED) is 0.816. The van der Waals surface area contributed by atoms with Gasteiger partial charge < -0.3 is 5.11 Å². The summed E-state index contributed by atoms with van der Waals surface area (Å²) in [5.74, 6) is -0.392. The molecule has 0 bridgehead atoms. The standard InChI is InChI=1S/C11H11FN2O/c1-8(15)9-4-2-5-10(12)11(9)14-7-3-6-13-14/h2-8,15H,1H3. The van der Waals surface area contributed by atoms with Gasteiger partial charge in [-0.15, -0.1) is 0 Å². The Kier molecular flexibility index (Phi) is 2.51. The average molecular weight is 206 g/mol. The van der Waals surface area contributed by atoms with E-state index < -0.39 is 11.9 Å². The fourth-order valence-corrected chi connectivity index (χ4v) is 1.51. The van der Waals surface area contributed by atoms with Gasteiger partial charge in [0.2, 0.25) is 0 Å². The molecule has 0 radical (unpaired) electrons. The number of aliphatic hydroxyl groups excluding tert-OH is 1. The third-order valence-corrected chi connectivity index (χ3v) is 2.20. The zero-order valence-corrected chi connectivity index (χ0v) is 8.26. The molecule has 15 heavy (non-hydrogen) atoms. The van der Waals surface area contributed by atoms with Crippen LogP contribution in [0.4, 0.5) is 4.39 Å². The Morgan fingerprint density at radius 1 is 1.40 bits per heavy atom. The van der Waals surface area contributed by atoms with E-state index in [1.165, 1.54) is 10.7 Å². The predicted molar refractivity (Wildman–Crippen MR) is 54.2 cm³/mol. The Hall–Kier alpha value is -1.68. The van der Waals surface area contributed by atoms with Gasteiger partial charge in [0.1, 0.15) is 11.5 Å². The molecule has 2 aromatic rings. The van der Waals surface area contributed by atoms with Crippen LogP contribution >= 0.6 is 0 Å². The first kappa shape index (κ1) is 9.86. The lowest BCUT2D eigenvalue weighted by atomic mass is 10.1. The monoisotopic (exact) mass is 206 g/mol. The summed E-state index contributed by atoms with van der Waals surface area (Å²) in [6, 6.07) is 6.32. The number of rotatable bonds is 2. The molecule has 0 spiro atoms. The lowest BCUT2D eigenvalue weighted by Crippen LogP contribution is -2.05. The van der Waals surface area contributed by atoms with Gasteiger partial charge in [-0.05, 0) is 19.1 Å². The fraction of sp³-hybridized carbons (Fsp3) is 0.182. The highest BCUT2D eigenvalue weighted by Gasteiger charge is 2.13. The lowest BCUT2D eigenvalue weighted by molar-refractivity contribution is 0.198. The molecule has 1 atom stereocenters. The van der Waals surface area contributed by atoms with Crippen LogP contribution in [0.2, 0.25) is 0 Å². The first-order chi connectivity index (χ1) is 7.20. The molecule has 2 rings (SSSR count). The van der Waals surface area contributed by atoms with Crippen molar-refractivity contribution in [2.24, 2.45) is 0 Å². The molecule has 0 amide bonds. The molecule has 78 valence electrons. The van der Waals surface area contributed by atoms with Gasteiger partial charge >= 0.3 is 0 Å². The van der Waals surface area contributed by atoms with Crippen molar-refractivity contribution in [2.45, 2.75) is 13.0 Å². The number of aromatic nitrogens is 2. The fourth-order valence-electron chi connectivity index (χ4n) is 1.51. The van der Waals surface area contributed by atoms with Crippen molar-refractivity contribution >= 4 is 0 Å². The Labute approximate surface area is 86.8 Å². The maximum Gasteiger partial charge on any atom is 0.149 e. The van der Waals surface area contributed by atoms with Crippen molar-refractivity contribution in [3.05, 3.63) is 48.0 Å². The Bertz CT molecular complexity index is 452. The van der Waals surface area contributed by atoms with Crippen LogP contribution in [0.5, 0.6) is 0 Å². The second kappa shape index (κ2) is 3.82. The number of nitrogens with zero attached hydrogens (tertiary/aromatic N) is 2. The number of hydrogen-bond acceptors (Lipinski definition) is 2. The summed E-state index contributed by atoms with van der Waals surface area (Å²) in [6.07, 6.45) is 2.49. The lowest BCUT2D eigenvalue weighted by Gasteiger charge is -2.12. The molecule has 1 unspecified atom stereocenters. The topological polar surface area (TPSA) is 38.0 Å². The SMILES string of the molecule is CC(O)c1cccc(F)c1-n1cccn1. The molecule has 0 saturated heterocycles. The second-order valence-electron chi connectivity index (χ2n) is 3.30. The van der Waals surface area contributed by atoms with E-state index in [1.54, 1.807) is 37.5 Å². The van der Waals surface area contributed by atoms with Gasteiger partial charge in [0.25, 0.3) is 0 Å². The van der Waals surface area contributed by atoms with Crippen LogP contribution in [0.15, 0.2) is 36.7 Å². The summed E-state index contributed by atoms with van der Waals surface area (Å²) in [7, 11) is 0. The van der Waals surface area contributed by atoms with Crippen LogP contribution < -0.4 is 0 Å². The van der Waals surface area contributed by atoms with Gasteiger partial charge in [-0.3, -0.25) is 0 Å². The summed E-state index contributed by atoms with van der Waals surface area (Å²) in [6.45, 7) is 1.60. The van der Waals surface area contributed by atoms with E-state index >= 15 is 0 Å². The summed E-state index contributed by atoms with van der Waals surface area (Å²) < 4.78 is 15.0. The maximum atomic E-state index is 13.6. The number of halogens is 1. The van der Waals surface area contributed by atoms with Gasteiger partial charge in [0, 0.05) is 18.0 Å². The van der Waals surface area contributed by atoms with Crippen molar-refractivity contribution in [3.63, 3.8) is 0 Å². The zero-order chi connectivity index (χ0) is 10.8. The molecule has 0 saturated carbocycles. The molecule has 4 heteroatoms. The van der Waals surface area contributed by atoms with Crippen molar-refractivity contribution in [3.8, 4) is 5.69 Å². The molecule has 0 aliphatic carbocycles. The average Bonchev–Trinajstić information content (AvgIpc) is 2.70. The normalized spacial score (nSPS) is 12.7. The molecule has 1 aromatic carbocycles. The molecule has 1 heterocycles. The second-order valence-corrected chi connectivity index (χ2v) is 3.30. The molecule has 3 nitrogen and oxygen atoms in total. The third kappa shape index (κ3) is 1.76. The van der Waals surface area contributed by atoms with Gasteiger partial charge in [0.15, 0.2) is 0 Å². The van der Waals surface area contributed by atoms with Crippen LogP contribution in [0.1, 0.15) is 18.6 Å². The van der Waals surface area contributed by atoms with E-state index in [-0.39, 0.29) is 0 Å². The van der Waals surface area contributed by atoms with Crippen molar-refractivity contribution in [1.82, 2.24) is 9.78 Å². The van der Waals surface area contributed by atoms with Gasteiger partial charge in [0.05, 0.1) is 6.10 Å². The Balaban J connectivity index is 2.63. The molecule has 0 aliphatic rings.